The summed E-state index contributed by atoms with van der Waals surface area (Å²) in [4.78, 5) is 17.2. The summed E-state index contributed by atoms with van der Waals surface area (Å²) in [6.07, 6.45) is 0. The van der Waals surface area contributed by atoms with E-state index in [2.05, 4.69) is 32.6 Å². The minimum Gasteiger partial charge on any atom is -0.493 e. The van der Waals surface area contributed by atoms with Gasteiger partial charge in [0.25, 0.3) is 5.91 Å². The first-order chi connectivity index (χ1) is 15.5. The van der Waals surface area contributed by atoms with Crippen LogP contribution in [0.2, 0.25) is 0 Å². The van der Waals surface area contributed by atoms with Gasteiger partial charge in [-0.15, -0.1) is 11.3 Å². The molecular weight excluding hydrogens is 506 g/mol. The van der Waals surface area contributed by atoms with Crippen molar-refractivity contribution in [3.8, 4) is 16.3 Å². The van der Waals surface area contributed by atoms with E-state index in [9.17, 15) is 4.79 Å². The van der Waals surface area contributed by atoms with E-state index >= 15 is 0 Å². The average Bonchev–Trinajstić information content (AvgIpc) is 3.24. The number of hydrogen-bond donors (Lipinski definition) is 2. The van der Waals surface area contributed by atoms with Gasteiger partial charge in [0.15, 0.2) is 5.11 Å². The number of nitrogens with zero attached hydrogens (tertiary/aromatic N) is 1. The van der Waals surface area contributed by atoms with E-state index in [1.165, 1.54) is 4.70 Å². The average molecular weight is 526 g/mol. The molecular formula is C24H20BrN3O2S2. The van der Waals surface area contributed by atoms with Crippen LogP contribution in [0.25, 0.3) is 20.8 Å². The Kier molecular flexibility index (Phi) is 7.14. The van der Waals surface area contributed by atoms with Crippen LogP contribution in [-0.4, -0.2) is 22.6 Å². The number of aromatic nitrogens is 1. The fourth-order valence-corrected chi connectivity index (χ4v) is 4.71. The lowest BCUT2D eigenvalue weighted by Gasteiger charge is -2.11. The van der Waals surface area contributed by atoms with Gasteiger partial charge >= 0.3 is 0 Å². The van der Waals surface area contributed by atoms with Crippen molar-refractivity contribution < 1.29 is 9.53 Å². The summed E-state index contributed by atoms with van der Waals surface area (Å²) >= 11 is 10.4. The Morgan fingerprint density at radius 1 is 1.12 bits per heavy atom. The van der Waals surface area contributed by atoms with Crippen LogP contribution in [0.5, 0.6) is 5.75 Å². The van der Waals surface area contributed by atoms with Gasteiger partial charge in [-0.2, -0.15) is 0 Å². The quantitative estimate of drug-likeness (QED) is 0.305. The van der Waals surface area contributed by atoms with E-state index in [1.54, 1.807) is 29.5 Å². The molecule has 1 amide bonds. The number of carbonyl (C=O) groups excluding carboxylic acids is 1. The van der Waals surface area contributed by atoms with Crippen LogP contribution in [0, 0.1) is 0 Å². The Balaban J connectivity index is 1.32. The highest BCUT2D eigenvalue weighted by Crippen LogP contribution is 2.30. The Bertz CT molecular complexity index is 1240. The van der Waals surface area contributed by atoms with E-state index in [0.717, 1.165) is 26.1 Å². The zero-order chi connectivity index (χ0) is 22.5. The molecule has 4 rings (SSSR count). The predicted molar refractivity (Wildman–Crippen MR) is 137 cm³/mol. The van der Waals surface area contributed by atoms with Gasteiger partial charge in [-0.05, 0) is 71.0 Å². The normalized spacial score (nSPS) is 10.7. The van der Waals surface area contributed by atoms with E-state index in [4.69, 9.17) is 21.9 Å². The molecule has 0 saturated carbocycles. The number of rotatable bonds is 6. The van der Waals surface area contributed by atoms with Crippen LogP contribution < -0.4 is 15.4 Å². The van der Waals surface area contributed by atoms with Gasteiger partial charge < -0.3 is 10.1 Å². The molecule has 3 aromatic carbocycles. The third kappa shape index (κ3) is 5.32. The molecule has 0 spiro atoms. The number of para-hydroxylation sites is 1. The lowest BCUT2D eigenvalue weighted by molar-refractivity contribution is 0.0976. The summed E-state index contributed by atoms with van der Waals surface area (Å²) in [6, 6.07) is 21.5. The van der Waals surface area contributed by atoms with E-state index in [-0.39, 0.29) is 11.0 Å². The molecule has 5 nitrogen and oxygen atoms in total. The van der Waals surface area contributed by atoms with Crippen LogP contribution >= 0.6 is 39.5 Å². The second kappa shape index (κ2) is 10.2. The smallest absolute Gasteiger partial charge is 0.257 e. The molecule has 162 valence electrons. The Morgan fingerprint density at radius 2 is 1.91 bits per heavy atom. The molecule has 4 aromatic rings. The summed E-state index contributed by atoms with van der Waals surface area (Å²) in [7, 11) is 0. The van der Waals surface area contributed by atoms with Gasteiger partial charge in [-0.25, -0.2) is 4.98 Å². The van der Waals surface area contributed by atoms with Crippen LogP contribution in [0.3, 0.4) is 0 Å². The number of fused-ring (bicyclic) bond motifs is 1. The Morgan fingerprint density at radius 3 is 2.62 bits per heavy atom. The van der Waals surface area contributed by atoms with Gasteiger partial charge in [-0.3, -0.25) is 10.1 Å². The van der Waals surface area contributed by atoms with Crippen molar-refractivity contribution in [2.45, 2.75) is 13.5 Å². The Hall–Kier alpha value is -2.81. The van der Waals surface area contributed by atoms with Gasteiger partial charge in [0.2, 0.25) is 0 Å². The molecule has 0 aliphatic heterocycles. The highest BCUT2D eigenvalue weighted by Gasteiger charge is 2.11. The van der Waals surface area contributed by atoms with Crippen molar-refractivity contribution in [1.29, 1.82) is 0 Å². The van der Waals surface area contributed by atoms with Gasteiger partial charge in [-0.1, -0.05) is 36.4 Å². The third-order valence-electron chi connectivity index (χ3n) is 4.67. The van der Waals surface area contributed by atoms with Crippen LogP contribution in [0.15, 0.2) is 71.2 Å². The van der Waals surface area contributed by atoms with Gasteiger partial charge in [0.05, 0.1) is 21.3 Å². The molecule has 0 bridgehead atoms. The van der Waals surface area contributed by atoms with Gasteiger partial charge in [0, 0.05) is 17.7 Å². The first-order valence-electron chi connectivity index (χ1n) is 10.00. The van der Waals surface area contributed by atoms with Crippen molar-refractivity contribution in [3.63, 3.8) is 0 Å². The summed E-state index contributed by atoms with van der Waals surface area (Å²) in [6.45, 7) is 2.97. The lowest BCUT2D eigenvalue weighted by atomic mass is 10.1. The first kappa shape index (κ1) is 22.4. The Labute approximate surface area is 204 Å². The van der Waals surface area contributed by atoms with Crippen molar-refractivity contribution >= 4 is 60.7 Å². The number of amides is 1. The maximum atomic E-state index is 12.5. The largest absolute Gasteiger partial charge is 0.493 e. The monoisotopic (exact) mass is 525 g/mol. The summed E-state index contributed by atoms with van der Waals surface area (Å²) in [5, 5.41) is 7.05. The molecule has 0 fully saturated rings. The highest BCUT2D eigenvalue weighted by atomic mass is 79.9. The molecule has 0 aliphatic rings. The molecule has 0 atom stereocenters. The molecule has 0 saturated heterocycles. The SMILES string of the molecule is CCOc1ccc(C(=O)NC(=S)NCc2ccc(-c3nc4ccccc4s3)cc2)cc1Br. The fraction of sp³-hybridized carbons (Fsp3) is 0.125. The summed E-state index contributed by atoms with van der Waals surface area (Å²) in [5.41, 5.74) is 3.63. The topological polar surface area (TPSA) is 63.2 Å². The van der Waals surface area contributed by atoms with Crippen molar-refractivity contribution in [2.75, 3.05) is 6.61 Å². The molecule has 1 heterocycles. The number of thiocarbonyl (C=S) groups is 1. The third-order valence-corrected chi connectivity index (χ3v) is 6.62. The number of thiazole rings is 1. The lowest BCUT2D eigenvalue weighted by Crippen LogP contribution is -2.38. The van der Waals surface area contributed by atoms with Crippen molar-refractivity contribution in [1.82, 2.24) is 15.6 Å². The minimum absolute atomic E-state index is 0.273. The second-order valence-electron chi connectivity index (χ2n) is 6.90. The number of nitrogens with one attached hydrogen (secondary N) is 2. The molecule has 2 N–H and O–H groups in total. The summed E-state index contributed by atoms with van der Waals surface area (Å²) < 4.78 is 7.37. The van der Waals surface area contributed by atoms with E-state index < -0.39 is 0 Å². The molecule has 1 aromatic heterocycles. The number of carbonyl (C=O) groups is 1. The zero-order valence-electron chi connectivity index (χ0n) is 17.2. The number of hydrogen-bond acceptors (Lipinski definition) is 5. The minimum atomic E-state index is -0.280. The van der Waals surface area contributed by atoms with Gasteiger partial charge in [0.1, 0.15) is 10.8 Å². The van der Waals surface area contributed by atoms with Crippen LogP contribution in [-0.2, 0) is 6.54 Å². The maximum Gasteiger partial charge on any atom is 0.257 e. The number of benzene rings is 3. The number of ether oxygens (including phenoxy) is 1. The number of halogens is 1. The fourth-order valence-electron chi connectivity index (χ4n) is 3.08. The molecule has 8 heteroatoms. The molecule has 0 radical (unpaired) electrons. The van der Waals surface area contributed by atoms with Crippen molar-refractivity contribution in [3.05, 3.63) is 82.3 Å². The standard InChI is InChI=1S/C24H20BrN3O2S2/c1-2-30-20-12-11-17(13-18(20)25)22(29)28-24(31)26-14-15-7-9-16(10-8-15)23-27-19-5-3-4-6-21(19)32-23/h3-13H,2,14H2,1H3,(H2,26,28,29,31). The highest BCUT2D eigenvalue weighted by molar-refractivity contribution is 9.10. The molecule has 0 aliphatic carbocycles. The maximum absolute atomic E-state index is 12.5. The van der Waals surface area contributed by atoms with E-state index in [1.807, 2.05) is 49.4 Å². The molecule has 32 heavy (non-hydrogen) atoms. The van der Waals surface area contributed by atoms with E-state index in [0.29, 0.717) is 24.5 Å². The molecule has 0 unspecified atom stereocenters. The van der Waals surface area contributed by atoms with Crippen LogP contribution in [0.4, 0.5) is 0 Å². The zero-order valence-corrected chi connectivity index (χ0v) is 20.4. The van der Waals surface area contributed by atoms with Crippen molar-refractivity contribution in [2.24, 2.45) is 0 Å². The second-order valence-corrected chi connectivity index (χ2v) is 9.19. The predicted octanol–water partition coefficient (Wildman–Crippen LogP) is 5.93. The first-order valence-corrected chi connectivity index (χ1v) is 12.0. The van der Waals surface area contributed by atoms with Crippen LogP contribution in [0.1, 0.15) is 22.8 Å². The summed E-state index contributed by atoms with van der Waals surface area (Å²) in [5.74, 6) is 0.413.